The maximum absolute atomic E-state index is 13.3. The highest BCUT2D eigenvalue weighted by molar-refractivity contribution is 7.94. The number of anilines is 1. The number of hydrogen-bond acceptors (Lipinski definition) is 6. The van der Waals surface area contributed by atoms with Crippen molar-refractivity contribution in [1.29, 1.82) is 0 Å². The standard InChI is InChI=1S/C18H26N2O6S2/c1-12-7-13(2)10-19(9-12)28(24,25)17-8-15(5-6-16(17)26-4)20-18(21)14(3)11-27(20,22)23/h5-6,8,12-14H,7,9-11H2,1-4H3/t12-,13+,14?. The van der Waals surface area contributed by atoms with Crippen molar-refractivity contribution in [2.24, 2.45) is 17.8 Å². The van der Waals surface area contributed by atoms with Crippen molar-refractivity contribution in [3.8, 4) is 5.75 Å². The lowest BCUT2D eigenvalue weighted by Crippen LogP contribution is -2.42. The first-order chi connectivity index (χ1) is 13.0. The summed E-state index contributed by atoms with van der Waals surface area (Å²) in [4.78, 5) is 12.3. The van der Waals surface area contributed by atoms with Crippen LogP contribution in [-0.4, -0.2) is 53.0 Å². The summed E-state index contributed by atoms with van der Waals surface area (Å²) in [6.07, 6.45) is 0.946. The van der Waals surface area contributed by atoms with Crippen LogP contribution in [0.3, 0.4) is 0 Å². The van der Waals surface area contributed by atoms with E-state index in [1.54, 1.807) is 0 Å². The second-order valence-corrected chi connectivity index (χ2v) is 11.7. The topological polar surface area (TPSA) is 101 Å². The van der Waals surface area contributed by atoms with Gasteiger partial charge in [-0.2, -0.15) is 4.31 Å². The third kappa shape index (κ3) is 3.65. The van der Waals surface area contributed by atoms with Crippen molar-refractivity contribution in [1.82, 2.24) is 4.31 Å². The van der Waals surface area contributed by atoms with Crippen LogP contribution < -0.4 is 9.04 Å². The minimum Gasteiger partial charge on any atom is -0.495 e. The number of carbonyl (C=O) groups is 1. The van der Waals surface area contributed by atoms with Gasteiger partial charge in [-0.15, -0.1) is 0 Å². The molecule has 0 aromatic heterocycles. The van der Waals surface area contributed by atoms with Crippen molar-refractivity contribution in [3.63, 3.8) is 0 Å². The monoisotopic (exact) mass is 430 g/mol. The molecular formula is C18H26N2O6S2. The smallest absolute Gasteiger partial charge is 0.246 e. The fourth-order valence-electron chi connectivity index (χ4n) is 4.02. The molecule has 0 radical (unpaired) electrons. The summed E-state index contributed by atoms with van der Waals surface area (Å²) in [6, 6.07) is 4.02. The number of piperidine rings is 1. The van der Waals surface area contributed by atoms with Crippen LogP contribution in [0.15, 0.2) is 23.1 Å². The molecule has 2 heterocycles. The molecule has 0 saturated carbocycles. The Morgan fingerprint density at radius 3 is 2.21 bits per heavy atom. The molecule has 2 aliphatic rings. The average molecular weight is 431 g/mol. The van der Waals surface area contributed by atoms with E-state index in [2.05, 4.69) is 0 Å². The highest BCUT2D eigenvalue weighted by atomic mass is 32.2. The van der Waals surface area contributed by atoms with Gasteiger partial charge in [0.1, 0.15) is 10.6 Å². The van der Waals surface area contributed by atoms with E-state index >= 15 is 0 Å². The Balaban J connectivity index is 2.08. The molecule has 8 nitrogen and oxygen atoms in total. The number of sulfonamides is 2. The van der Waals surface area contributed by atoms with Crippen LogP contribution in [0, 0.1) is 17.8 Å². The van der Waals surface area contributed by atoms with E-state index in [0.29, 0.717) is 17.4 Å². The highest BCUT2D eigenvalue weighted by Gasteiger charge is 2.43. The molecule has 1 amide bonds. The van der Waals surface area contributed by atoms with Crippen molar-refractivity contribution < 1.29 is 26.4 Å². The van der Waals surface area contributed by atoms with Gasteiger partial charge in [-0.1, -0.05) is 20.8 Å². The molecule has 0 aliphatic carbocycles. The van der Waals surface area contributed by atoms with Gasteiger partial charge >= 0.3 is 0 Å². The van der Waals surface area contributed by atoms with E-state index in [-0.39, 0.29) is 33.9 Å². The van der Waals surface area contributed by atoms with Crippen LogP contribution >= 0.6 is 0 Å². The van der Waals surface area contributed by atoms with Gasteiger partial charge in [0.25, 0.3) is 0 Å². The number of nitrogens with zero attached hydrogens (tertiary/aromatic N) is 2. The molecule has 2 saturated heterocycles. The van der Waals surface area contributed by atoms with Crippen LogP contribution in [-0.2, 0) is 24.8 Å². The van der Waals surface area contributed by atoms with E-state index in [9.17, 15) is 21.6 Å². The SMILES string of the molecule is COc1ccc(N2C(=O)C(C)CS2(=O)=O)cc1S(=O)(=O)N1C[C@H](C)C[C@H](C)C1. The summed E-state index contributed by atoms with van der Waals surface area (Å²) in [5.41, 5.74) is 0.0202. The maximum atomic E-state index is 13.3. The predicted octanol–water partition coefficient (Wildman–Crippen LogP) is 1.67. The molecule has 10 heteroatoms. The first kappa shape index (κ1) is 21.1. The lowest BCUT2D eigenvalue weighted by Gasteiger charge is -2.34. The second-order valence-electron chi connectivity index (χ2n) is 7.89. The first-order valence-electron chi connectivity index (χ1n) is 9.22. The zero-order chi connectivity index (χ0) is 20.9. The number of rotatable bonds is 4. The van der Waals surface area contributed by atoms with Crippen molar-refractivity contribution in [3.05, 3.63) is 18.2 Å². The predicted molar refractivity (Wildman–Crippen MR) is 105 cm³/mol. The fraction of sp³-hybridized carbons (Fsp3) is 0.611. The molecule has 0 N–H and O–H groups in total. The van der Waals surface area contributed by atoms with E-state index in [1.807, 2.05) is 13.8 Å². The van der Waals surface area contributed by atoms with Gasteiger partial charge in [-0.25, -0.2) is 21.1 Å². The zero-order valence-electron chi connectivity index (χ0n) is 16.5. The molecule has 2 fully saturated rings. The Morgan fingerprint density at radius 1 is 1.11 bits per heavy atom. The van der Waals surface area contributed by atoms with Crippen molar-refractivity contribution >= 4 is 31.6 Å². The molecular weight excluding hydrogens is 404 g/mol. The molecule has 156 valence electrons. The Labute approximate surface area is 166 Å². The number of amides is 1. The highest BCUT2D eigenvalue weighted by Crippen LogP contribution is 2.36. The second kappa shape index (κ2) is 7.31. The number of carbonyl (C=O) groups excluding carboxylic acids is 1. The van der Waals surface area contributed by atoms with Crippen molar-refractivity contribution in [2.45, 2.75) is 32.1 Å². The third-order valence-electron chi connectivity index (χ3n) is 5.20. The normalized spacial score (nSPS) is 28.5. The van der Waals surface area contributed by atoms with E-state index in [0.717, 1.165) is 6.42 Å². The van der Waals surface area contributed by atoms with E-state index in [4.69, 9.17) is 4.74 Å². The Hall–Kier alpha value is -1.65. The molecule has 2 aliphatic heterocycles. The minimum absolute atomic E-state index is 0.0202. The Bertz CT molecular complexity index is 979. The first-order valence-corrected chi connectivity index (χ1v) is 12.3. The number of benzene rings is 1. The largest absolute Gasteiger partial charge is 0.495 e. The van der Waals surface area contributed by atoms with Crippen LogP contribution in [0.5, 0.6) is 5.75 Å². The molecule has 28 heavy (non-hydrogen) atoms. The molecule has 3 atom stereocenters. The van der Waals surface area contributed by atoms with Crippen LogP contribution in [0.25, 0.3) is 0 Å². The summed E-state index contributed by atoms with van der Waals surface area (Å²) in [5, 5.41) is 0. The molecule has 3 rings (SSSR count). The average Bonchev–Trinajstić information content (AvgIpc) is 2.80. The van der Waals surface area contributed by atoms with Crippen LogP contribution in [0.4, 0.5) is 5.69 Å². The van der Waals surface area contributed by atoms with Gasteiger partial charge in [-0.05, 0) is 36.5 Å². The summed E-state index contributed by atoms with van der Waals surface area (Å²) >= 11 is 0. The number of ether oxygens (including phenoxy) is 1. The molecule has 1 aromatic rings. The Kier molecular flexibility index (Phi) is 5.50. The summed E-state index contributed by atoms with van der Waals surface area (Å²) in [6.45, 7) is 6.32. The van der Waals surface area contributed by atoms with Gasteiger partial charge in [0, 0.05) is 13.1 Å². The van der Waals surface area contributed by atoms with Gasteiger partial charge in [0.05, 0.1) is 24.5 Å². The fourth-order valence-corrected chi connectivity index (χ4v) is 7.69. The minimum atomic E-state index is -3.92. The summed E-state index contributed by atoms with van der Waals surface area (Å²) < 4.78 is 58.8. The van der Waals surface area contributed by atoms with E-state index in [1.165, 1.54) is 36.5 Å². The van der Waals surface area contributed by atoms with Crippen LogP contribution in [0.2, 0.25) is 0 Å². The van der Waals surface area contributed by atoms with Crippen LogP contribution in [0.1, 0.15) is 27.2 Å². The lowest BCUT2D eigenvalue weighted by molar-refractivity contribution is -0.119. The van der Waals surface area contributed by atoms with Gasteiger partial charge < -0.3 is 4.74 Å². The van der Waals surface area contributed by atoms with E-state index < -0.39 is 31.9 Å². The summed E-state index contributed by atoms with van der Waals surface area (Å²) in [7, 11) is -6.39. The molecule has 0 bridgehead atoms. The maximum Gasteiger partial charge on any atom is 0.246 e. The van der Waals surface area contributed by atoms with Gasteiger partial charge in [0.15, 0.2) is 0 Å². The quantitative estimate of drug-likeness (QED) is 0.720. The molecule has 0 spiro atoms. The van der Waals surface area contributed by atoms with Crippen molar-refractivity contribution in [2.75, 3.05) is 30.3 Å². The number of hydrogen-bond donors (Lipinski definition) is 0. The molecule has 1 aromatic carbocycles. The van der Waals surface area contributed by atoms with Gasteiger partial charge in [0.2, 0.25) is 26.0 Å². The zero-order valence-corrected chi connectivity index (χ0v) is 18.1. The Morgan fingerprint density at radius 2 is 1.71 bits per heavy atom. The van der Waals surface area contributed by atoms with Gasteiger partial charge in [-0.3, -0.25) is 4.79 Å². The number of methoxy groups -OCH3 is 1. The molecule has 1 unspecified atom stereocenters. The summed E-state index contributed by atoms with van der Waals surface area (Å²) in [5.74, 6) is -0.972. The third-order valence-corrected chi connectivity index (χ3v) is 8.92. The lowest BCUT2D eigenvalue weighted by atomic mass is 9.94.